The second kappa shape index (κ2) is 8.41. The van der Waals surface area contributed by atoms with Crippen LogP contribution in [0.25, 0.3) is 0 Å². The molecule has 25 heavy (non-hydrogen) atoms. The van der Waals surface area contributed by atoms with Crippen molar-refractivity contribution in [2.24, 2.45) is 4.99 Å². The lowest BCUT2D eigenvalue weighted by atomic mass is 10.2. The first-order valence-electron chi connectivity index (χ1n) is 8.09. The van der Waals surface area contributed by atoms with Crippen molar-refractivity contribution in [1.29, 1.82) is 0 Å². The Morgan fingerprint density at radius 3 is 2.76 bits per heavy atom. The number of thioether (sulfide) groups is 1. The molecule has 0 saturated carbocycles. The number of amides is 1. The number of benzene rings is 2. The van der Waals surface area contributed by atoms with Gasteiger partial charge in [0.2, 0.25) is 0 Å². The van der Waals surface area contributed by atoms with Crippen LogP contribution in [0.3, 0.4) is 0 Å². The Morgan fingerprint density at radius 1 is 1.24 bits per heavy atom. The molecule has 0 unspecified atom stereocenters. The zero-order chi connectivity index (χ0) is 17.6. The van der Waals surface area contributed by atoms with Gasteiger partial charge in [-0.3, -0.25) is 9.69 Å². The van der Waals surface area contributed by atoms with Gasteiger partial charge in [0.25, 0.3) is 5.91 Å². The molecular formula is C19H19ClN2O2S. The first kappa shape index (κ1) is 17.8. The highest BCUT2D eigenvalue weighted by Gasteiger charge is 2.24. The van der Waals surface area contributed by atoms with Crippen LogP contribution < -0.4 is 4.74 Å². The lowest BCUT2D eigenvalue weighted by molar-refractivity contribution is -0.129. The Bertz CT molecular complexity index is 777. The van der Waals surface area contributed by atoms with Crippen molar-refractivity contribution < 1.29 is 9.53 Å². The van der Waals surface area contributed by atoms with Gasteiger partial charge in [-0.15, -0.1) is 0 Å². The number of aryl methyl sites for hydroxylation is 1. The van der Waals surface area contributed by atoms with E-state index < -0.39 is 0 Å². The van der Waals surface area contributed by atoms with Gasteiger partial charge in [0.15, 0.2) is 11.8 Å². The molecule has 1 aliphatic heterocycles. The molecular weight excluding hydrogens is 356 g/mol. The lowest BCUT2D eigenvalue weighted by Crippen LogP contribution is -2.41. The zero-order valence-electron chi connectivity index (χ0n) is 13.9. The summed E-state index contributed by atoms with van der Waals surface area (Å²) < 4.78 is 5.58. The summed E-state index contributed by atoms with van der Waals surface area (Å²) in [5.41, 5.74) is 1.98. The van der Waals surface area contributed by atoms with E-state index in [1.807, 2.05) is 31.2 Å². The van der Waals surface area contributed by atoms with Crippen LogP contribution in [-0.2, 0) is 4.79 Å². The minimum atomic E-state index is -0.0884. The Balaban J connectivity index is 1.70. The minimum absolute atomic E-state index is 0.0189. The molecule has 2 aromatic rings. The highest BCUT2D eigenvalue weighted by molar-refractivity contribution is 8.13. The molecule has 4 nitrogen and oxygen atoms in total. The summed E-state index contributed by atoms with van der Waals surface area (Å²) in [6.07, 6.45) is 0.949. The maximum absolute atomic E-state index is 12.6. The quantitative estimate of drug-likeness (QED) is 0.780. The van der Waals surface area contributed by atoms with Gasteiger partial charge in [-0.1, -0.05) is 41.6 Å². The minimum Gasteiger partial charge on any atom is -0.484 e. The Hall–Kier alpha value is -1.98. The standard InChI is InChI=1S/C19H19ClN2O2S/c1-14-5-2-3-6-17(14)21-19-22(11-4-12-25-19)18(23)13-24-16-9-7-15(20)8-10-16/h2-3,5-10H,4,11-13H2,1H3. The summed E-state index contributed by atoms with van der Waals surface area (Å²) in [6, 6.07) is 14.9. The molecule has 6 heteroatoms. The summed E-state index contributed by atoms with van der Waals surface area (Å²) in [7, 11) is 0. The van der Waals surface area contributed by atoms with Crippen LogP contribution in [0, 0.1) is 6.92 Å². The second-order valence-electron chi connectivity index (χ2n) is 5.67. The third-order valence-corrected chi connectivity index (χ3v) is 5.11. The molecule has 1 aliphatic rings. The van der Waals surface area contributed by atoms with Gasteiger partial charge in [0.1, 0.15) is 5.75 Å². The number of para-hydroxylation sites is 1. The molecule has 0 radical (unpaired) electrons. The molecule has 1 fully saturated rings. The van der Waals surface area contributed by atoms with Crippen molar-refractivity contribution in [3.8, 4) is 5.75 Å². The SMILES string of the molecule is Cc1ccccc1N=C1SCCCN1C(=O)COc1ccc(Cl)cc1. The summed E-state index contributed by atoms with van der Waals surface area (Å²) in [5.74, 6) is 1.50. The van der Waals surface area contributed by atoms with Crippen LogP contribution >= 0.6 is 23.4 Å². The molecule has 1 amide bonds. The normalized spacial score (nSPS) is 16.1. The number of carbonyl (C=O) groups is 1. The number of halogens is 1. The molecule has 0 bridgehead atoms. The maximum Gasteiger partial charge on any atom is 0.266 e. The molecule has 1 saturated heterocycles. The average Bonchev–Trinajstić information content (AvgIpc) is 2.63. The highest BCUT2D eigenvalue weighted by atomic mass is 35.5. The largest absolute Gasteiger partial charge is 0.484 e. The molecule has 0 atom stereocenters. The molecule has 3 rings (SSSR count). The van der Waals surface area contributed by atoms with E-state index in [2.05, 4.69) is 0 Å². The van der Waals surface area contributed by atoms with Crippen LogP contribution in [0.2, 0.25) is 5.02 Å². The smallest absolute Gasteiger partial charge is 0.266 e. The van der Waals surface area contributed by atoms with Crippen molar-refractivity contribution in [2.45, 2.75) is 13.3 Å². The van der Waals surface area contributed by atoms with E-state index in [0.717, 1.165) is 28.6 Å². The molecule has 0 spiro atoms. The number of carbonyl (C=O) groups excluding carboxylic acids is 1. The third-order valence-electron chi connectivity index (χ3n) is 3.80. The number of aliphatic imine (C=N–C) groups is 1. The van der Waals surface area contributed by atoms with Gasteiger partial charge < -0.3 is 4.74 Å². The molecule has 0 aliphatic carbocycles. The van der Waals surface area contributed by atoms with Crippen LogP contribution in [0.4, 0.5) is 5.69 Å². The van der Waals surface area contributed by atoms with E-state index in [9.17, 15) is 4.79 Å². The predicted molar refractivity (Wildman–Crippen MR) is 104 cm³/mol. The molecule has 130 valence electrons. The fourth-order valence-corrected chi connectivity index (χ4v) is 3.52. The lowest BCUT2D eigenvalue weighted by Gasteiger charge is -2.27. The van der Waals surface area contributed by atoms with Crippen LogP contribution in [0.1, 0.15) is 12.0 Å². The van der Waals surface area contributed by atoms with Gasteiger partial charge in [0.05, 0.1) is 5.69 Å². The van der Waals surface area contributed by atoms with Gasteiger partial charge in [-0.05, 0) is 49.2 Å². The average molecular weight is 375 g/mol. The Labute approximate surface area is 156 Å². The third kappa shape index (κ3) is 4.77. The summed E-state index contributed by atoms with van der Waals surface area (Å²) in [6.45, 7) is 2.66. The van der Waals surface area contributed by atoms with Gasteiger partial charge in [-0.25, -0.2) is 4.99 Å². The first-order valence-corrected chi connectivity index (χ1v) is 9.46. The molecule has 2 aromatic carbocycles. The van der Waals surface area contributed by atoms with Crippen LogP contribution in [-0.4, -0.2) is 34.9 Å². The summed E-state index contributed by atoms with van der Waals surface area (Å²) >= 11 is 7.46. The monoisotopic (exact) mass is 374 g/mol. The van der Waals surface area contributed by atoms with Crippen LogP contribution in [0.5, 0.6) is 5.75 Å². The van der Waals surface area contributed by atoms with Crippen molar-refractivity contribution in [3.05, 3.63) is 59.1 Å². The molecule has 0 aromatic heterocycles. The number of hydrogen-bond donors (Lipinski definition) is 0. The molecule has 1 heterocycles. The van der Waals surface area contributed by atoms with Crippen molar-refractivity contribution in [3.63, 3.8) is 0 Å². The number of ether oxygens (including phenoxy) is 1. The van der Waals surface area contributed by atoms with E-state index in [1.165, 1.54) is 0 Å². The number of rotatable bonds is 4. The number of hydrogen-bond acceptors (Lipinski definition) is 4. The van der Waals surface area contributed by atoms with Crippen LogP contribution in [0.15, 0.2) is 53.5 Å². The fraction of sp³-hybridized carbons (Fsp3) is 0.263. The van der Waals surface area contributed by atoms with Gasteiger partial charge in [0, 0.05) is 17.3 Å². The first-order chi connectivity index (χ1) is 12.1. The predicted octanol–water partition coefficient (Wildman–Crippen LogP) is 4.68. The van der Waals surface area contributed by atoms with E-state index in [0.29, 0.717) is 17.3 Å². The topological polar surface area (TPSA) is 41.9 Å². The van der Waals surface area contributed by atoms with E-state index >= 15 is 0 Å². The Kier molecular flexibility index (Phi) is 6.00. The zero-order valence-corrected chi connectivity index (χ0v) is 15.5. The van der Waals surface area contributed by atoms with Gasteiger partial charge in [-0.2, -0.15) is 0 Å². The molecule has 0 N–H and O–H groups in total. The van der Waals surface area contributed by atoms with E-state index in [4.69, 9.17) is 21.3 Å². The Morgan fingerprint density at radius 2 is 2.00 bits per heavy atom. The summed E-state index contributed by atoms with van der Waals surface area (Å²) in [5, 5.41) is 1.38. The second-order valence-corrected chi connectivity index (χ2v) is 7.17. The van der Waals surface area contributed by atoms with E-state index in [1.54, 1.807) is 40.9 Å². The maximum atomic E-state index is 12.6. The highest BCUT2D eigenvalue weighted by Crippen LogP contribution is 2.25. The number of nitrogens with zero attached hydrogens (tertiary/aromatic N) is 2. The van der Waals surface area contributed by atoms with Crippen molar-refractivity contribution in [2.75, 3.05) is 18.9 Å². The van der Waals surface area contributed by atoms with Crippen molar-refractivity contribution in [1.82, 2.24) is 4.90 Å². The van der Waals surface area contributed by atoms with Crippen molar-refractivity contribution >= 4 is 40.1 Å². The van der Waals surface area contributed by atoms with E-state index in [-0.39, 0.29) is 12.5 Å². The number of amidine groups is 1. The van der Waals surface area contributed by atoms with Gasteiger partial charge >= 0.3 is 0 Å². The summed E-state index contributed by atoms with van der Waals surface area (Å²) in [4.78, 5) is 19.0. The fourth-order valence-electron chi connectivity index (χ4n) is 2.43.